The third-order valence-electron chi connectivity index (χ3n) is 13.2. The zero-order valence-corrected chi connectivity index (χ0v) is 34.0. The Labute approximate surface area is 347 Å². The summed E-state index contributed by atoms with van der Waals surface area (Å²) >= 11 is 0. The van der Waals surface area contributed by atoms with Crippen molar-refractivity contribution in [2.75, 3.05) is 4.90 Å². The molecule has 0 radical (unpaired) electrons. The van der Waals surface area contributed by atoms with Crippen LogP contribution in [0.5, 0.6) is 0 Å². The first-order chi connectivity index (χ1) is 28.8. The lowest BCUT2D eigenvalue weighted by atomic mass is 9.79. The number of rotatable bonds is 6. The Balaban J connectivity index is 1.17. The number of nitrogens with zero attached hydrogens (tertiary/aromatic N) is 1. The summed E-state index contributed by atoms with van der Waals surface area (Å²) in [6.07, 6.45) is 0. The van der Waals surface area contributed by atoms with Gasteiger partial charge in [-0.1, -0.05) is 204 Å². The normalized spacial score (nSPS) is 14.0. The minimum Gasteiger partial charge on any atom is -0.309 e. The molecule has 0 N–H and O–H groups in total. The fourth-order valence-electron chi connectivity index (χ4n) is 10.4. The molecule has 0 amide bonds. The number of hydrogen-bond donors (Lipinski definition) is 0. The van der Waals surface area contributed by atoms with Crippen molar-refractivity contribution in [2.24, 2.45) is 0 Å². The Kier molecular flexibility index (Phi) is 7.94. The number of benzene rings is 9. The van der Waals surface area contributed by atoms with Crippen LogP contribution in [0.15, 0.2) is 200 Å². The van der Waals surface area contributed by atoms with Gasteiger partial charge in [0.2, 0.25) is 0 Å². The lowest BCUT2D eigenvalue weighted by Gasteiger charge is -2.32. The molecule has 0 fully saturated rings. The van der Waals surface area contributed by atoms with Crippen molar-refractivity contribution in [1.82, 2.24) is 0 Å². The van der Waals surface area contributed by atoms with E-state index < -0.39 is 0 Å². The molecule has 0 heterocycles. The van der Waals surface area contributed by atoms with Gasteiger partial charge in [-0.25, -0.2) is 0 Å². The van der Waals surface area contributed by atoms with E-state index in [0.29, 0.717) is 0 Å². The van der Waals surface area contributed by atoms with Crippen molar-refractivity contribution in [3.63, 3.8) is 0 Å². The molecule has 2 aliphatic rings. The van der Waals surface area contributed by atoms with Crippen LogP contribution in [0.4, 0.5) is 17.1 Å². The minimum absolute atomic E-state index is 0.107. The number of hydrogen-bond acceptors (Lipinski definition) is 1. The monoisotopic (exact) mass is 755 g/mol. The highest BCUT2D eigenvalue weighted by Crippen LogP contribution is 2.54. The molecule has 0 aliphatic heterocycles. The van der Waals surface area contributed by atoms with Gasteiger partial charge in [-0.2, -0.15) is 0 Å². The van der Waals surface area contributed by atoms with E-state index in [0.717, 1.165) is 11.4 Å². The van der Waals surface area contributed by atoms with E-state index in [2.05, 4.69) is 233 Å². The average molecular weight is 756 g/mol. The summed E-state index contributed by atoms with van der Waals surface area (Å²) in [5.74, 6) is 0. The quantitative estimate of drug-likeness (QED) is 0.163. The van der Waals surface area contributed by atoms with E-state index in [1.165, 1.54) is 94.3 Å². The molecule has 1 nitrogen and oxygen atoms in total. The van der Waals surface area contributed by atoms with E-state index in [1.807, 2.05) is 0 Å². The second-order valence-electron chi connectivity index (χ2n) is 17.3. The highest BCUT2D eigenvalue weighted by atomic mass is 15.1. The lowest BCUT2D eigenvalue weighted by Crippen LogP contribution is -2.16. The summed E-state index contributed by atoms with van der Waals surface area (Å²) in [5, 5.41) is 2.41. The zero-order valence-electron chi connectivity index (χ0n) is 34.0. The smallest absolute Gasteiger partial charge is 0.0618 e. The maximum absolute atomic E-state index is 2.54. The summed E-state index contributed by atoms with van der Waals surface area (Å²) in [5.41, 5.74) is 21.3. The molecule has 0 bridgehead atoms. The molecular formula is C58H45N. The summed E-state index contributed by atoms with van der Waals surface area (Å²) in [6, 6.07) is 74.4. The summed E-state index contributed by atoms with van der Waals surface area (Å²) in [6.45, 7) is 9.50. The first-order valence-corrected chi connectivity index (χ1v) is 20.9. The van der Waals surface area contributed by atoms with Gasteiger partial charge in [0, 0.05) is 33.0 Å². The molecule has 0 spiro atoms. The Morgan fingerprint density at radius 3 is 1.71 bits per heavy atom. The van der Waals surface area contributed by atoms with Crippen LogP contribution in [0.25, 0.3) is 66.4 Å². The molecule has 0 saturated heterocycles. The predicted octanol–water partition coefficient (Wildman–Crippen LogP) is 15.9. The van der Waals surface area contributed by atoms with Crippen molar-refractivity contribution in [1.29, 1.82) is 0 Å². The topological polar surface area (TPSA) is 3.24 Å². The van der Waals surface area contributed by atoms with Gasteiger partial charge in [-0.3, -0.25) is 0 Å². The predicted molar refractivity (Wildman–Crippen MR) is 250 cm³/mol. The van der Waals surface area contributed by atoms with Crippen LogP contribution >= 0.6 is 0 Å². The van der Waals surface area contributed by atoms with Gasteiger partial charge in [0.25, 0.3) is 0 Å². The van der Waals surface area contributed by atoms with Gasteiger partial charge >= 0.3 is 0 Å². The van der Waals surface area contributed by atoms with Crippen LogP contribution in [0, 0.1) is 0 Å². The van der Waals surface area contributed by atoms with Gasteiger partial charge < -0.3 is 4.90 Å². The number of anilines is 3. The standard InChI is InChI=1S/C58H45N/c1-57(2)51-29-13-10-25-47(51)49-35-33-41(37-53(49)57)43-23-12-15-31-54(43)59(56-45-24-9-8-20-39(45)32-34-46(56)38-18-6-5-7-19-38)42-22-16-21-40(36-42)44-27-17-28-50-48-26-11-14-30-52(48)58(3,4)55(44)50/h5-37H,1-4H3. The molecule has 282 valence electrons. The highest BCUT2D eigenvalue weighted by Gasteiger charge is 2.38. The van der Waals surface area contributed by atoms with Crippen LogP contribution in [0.1, 0.15) is 49.9 Å². The van der Waals surface area contributed by atoms with E-state index in [-0.39, 0.29) is 10.8 Å². The molecule has 0 aromatic heterocycles. The summed E-state index contributed by atoms with van der Waals surface area (Å²) in [4.78, 5) is 2.54. The van der Waals surface area contributed by atoms with E-state index in [4.69, 9.17) is 0 Å². The van der Waals surface area contributed by atoms with E-state index >= 15 is 0 Å². The third-order valence-corrected chi connectivity index (χ3v) is 13.2. The van der Waals surface area contributed by atoms with Crippen molar-refractivity contribution in [2.45, 2.75) is 38.5 Å². The first-order valence-electron chi connectivity index (χ1n) is 20.9. The van der Waals surface area contributed by atoms with Crippen LogP contribution < -0.4 is 4.90 Å². The van der Waals surface area contributed by atoms with Gasteiger partial charge in [0.05, 0.1) is 11.4 Å². The Bertz CT molecular complexity index is 3110. The second-order valence-corrected chi connectivity index (χ2v) is 17.3. The fraction of sp³-hybridized carbons (Fsp3) is 0.103. The van der Waals surface area contributed by atoms with E-state index in [9.17, 15) is 0 Å². The van der Waals surface area contributed by atoms with Gasteiger partial charge in [-0.15, -0.1) is 0 Å². The van der Waals surface area contributed by atoms with Gasteiger partial charge in [0.1, 0.15) is 0 Å². The third kappa shape index (κ3) is 5.38. The Morgan fingerprint density at radius 1 is 0.339 bits per heavy atom. The Hall–Kier alpha value is -6.96. The van der Waals surface area contributed by atoms with Crippen LogP contribution in [0.3, 0.4) is 0 Å². The molecule has 1 heteroatoms. The molecular weight excluding hydrogens is 711 g/mol. The maximum atomic E-state index is 2.54. The molecule has 11 rings (SSSR count). The van der Waals surface area contributed by atoms with Crippen molar-refractivity contribution in [3.8, 4) is 55.6 Å². The maximum Gasteiger partial charge on any atom is 0.0618 e. The minimum atomic E-state index is -0.137. The molecule has 59 heavy (non-hydrogen) atoms. The molecule has 9 aromatic carbocycles. The molecule has 0 atom stereocenters. The van der Waals surface area contributed by atoms with Crippen molar-refractivity contribution in [3.05, 3.63) is 222 Å². The molecule has 2 aliphatic carbocycles. The van der Waals surface area contributed by atoms with Gasteiger partial charge in [-0.05, 0) is 96.4 Å². The average Bonchev–Trinajstić information content (AvgIpc) is 3.66. The van der Waals surface area contributed by atoms with Crippen molar-refractivity contribution >= 4 is 27.8 Å². The Morgan fingerprint density at radius 2 is 0.898 bits per heavy atom. The van der Waals surface area contributed by atoms with Crippen molar-refractivity contribution < 1.29 is 0 Å². The highest BCUT2D eigenvalue weighted by molar-refractivity contribution is 6.08. The summed E-state index contributed by atoms with van der Waals surface area (Å²) < 4.78 is 0. The van der Waals surface area contributed by atoms with Gasteiger partial charge in [0.15, 0.2) is 0 Å². The SMILES string of the molecule is CC1(C)c2ccccc2-c2ccc(-c3ccccc3N(c3cccc(-c4cccc5c4C(C)(C)c4ccccc4-5)c3)c3c(-c4ccccc4)ccc4ccccc34)cc21. The molecule has 9 aromatic rings. The van der Waals surface area contributed by atoms with Crippen LogP contribution in [-0.4, -0.2) is 0 Å². The first kappa shape index (κ1) is 35.2. The van der Waals surface area contributed by atoms with Crippen LogP contribution in [-0.2, 0) is 10.8 Å². The molecule has 0 unspecified atom stereocenters. The molecule has 0 saturated carbocycles. The lowest BCUT2D eigenvalue weighted by molar-refractivity contribution is 0.660. The van der Waals surface area contributed by atoms with Crippen LogP contribution in [0.2, 0.25) is 0 Å². The number of para-hydroxylation sites is 1. The summed E-state index contributed by atoms with van der Waals surface area (Å²) in [7, 11) is 0. The van der Waals surface area contributed by atoms with E-state index in [1.54, 1.807) is 0 Å². The largest absolute Gasteiger partial charge is 0.309 e. The fourth-order valence-corrected chi connectivity index (χ4v) is 10.4. The zero-order chi connectivity index (χ0) is 39.9. The second kappa shape index (κ2) is 13.3. The number of fused-ring (bicyclic) bond motifs is 7.